The van der Waals surface area contributed by atoms with Gasteiger partial charge in [-0.3, -0.25) is 10.1 Å². The van der Waals surface area contributed by atoms with Gasteiger partial charge in [-0.15, -0.1) is 0 Å². The van der Waals surface area contributed by atoms with Gasteiger partial charge in [0, 0.05) is 17.7 Å². The van der Waals surface area contributed by atoms with E-state index in [1.165, 1.54) is 18.2 Å². The summed E-state index contributed by atoms with van der Waals surface area (Å²) in [6.45, 7) is 0. The minimum atomic E-state index is -1.46. The Morgan fingerprint density at radius 1 is 1.16 bits per heavy atom. The van der Waals surface area contributed by atoms with Crippen LogP contribution in [0.25, 0.3) is 0 Å². The van der Waals surface area contributed by atoms with Crippen molar-refractivity contribution in [3.8, 4) is 0 Å². The van der Waals surface area contributed by atoms with Gasteiger partial charge >= 0.3 is 0 Å². The molecule has 1 atom stereocenters. The Kier molecular flexibility index (Phi) is 3.52. The molecule has 1 N–H and O–H groups in total. The zero-order valence-corrected chi connectivity index (χ0v) is 9.59. The molecular formula is C13H9F2NO3. The molecule has 2 aromatic carbocycles. The van der Waals surface area contributed by atoms with Crippen LogP contribution < -0.4 is 0 Å². The molecule has 0 unspecified atom stereocenters. The Balaban J connectivity index is 2.46. The largest absolute Gasteiger partial charge is 0.384 e. The Hall–Kier alpha value is -2.34. The predicted octanol–water partition coefficient (Wildman–Crippen LogP) is 2.95. The molecule has 0 aromatic heterocycles. The third-order valence-electron chi connectivity index (χ3n) is 2.65. The molecule has 2 aromatic rings. The smallest absolute Gasteiger partial charge is 0.270 e. The van der Waals surface area contributed by atoms with Crippen LogP contribution in [-0.2, 0) is 0 Å². The Bertz CT molecular complexity index is 631. The van der Waals surface area contributed by atoms with Crippen LogP contribution in [0.5, 0.6) is 0 Å². The van der Waals surface area contributed by atoms with Crippen LogP contribution in [-0.4, -0.2) is 10.0 Å². The van der Waals surface area contributed by atoms with Crippen molar-refractivity contribution in [3.63, 3.8) is 0 Å². The van der Waals surface area contributed by atoms with Gasteiger partial charge in [-0.25, -0.2) is 8.78 Å². The van der Waals surface area contributed by atoms with Gasteiger partial charge in [0.1, 0.15) is 17.7 Å². The van der Waals surface area contributed by atoms with Crippen molar-refractivity contribution in [2.45, 2.75) is 6.10 Å². The molecule has 0 aliphatic carbocycles. The van der Waals surface area contributed by atoms with Gasteiger partial charge < -0.3 is 5.11 Å². The average Bonchev–Trinajstić information content (AvgIpc) is 2.38. The average molecular weight is 265 g/mol. The minimum absolute atomic E-state index is 0.124. The quantitative estimate of drug-likeness (QED) is 0.685. The second-order valence-electron chi connectivity index (χ2n) is 3.92. The summed E-state index contributed by atoms with van der Waals surface area (Å²) in [6, 6.07) is 7.83. The number of benzene rings is 2. The first-order valence-corrected chi connectivity index (χ1v) is 5.36. The zero-order valence-electron chi connectivity index (χ0n) is 9.59. The highest BCUT2D eigenvalue weighted by molar-refractivity contribution is 5.40. The number of nitro groups is 1. The maximum atomic E-state index is 13.6. The molecule has 0 saturated carbocycles. The highest BCUT2D eigenvalue weighted by Gasteiger charge is 2.19. The number of nitro benzene ring substituents is 1. The molecule has 0 aliphatic rings. The summed E-state index contributed by atoms with van der Waals surface area (Å²) in [7, 11) is 0. The second-order valence-corrected chi connectivity index (χ2v) is 3.92. The van der Waals surface area contributed by atoms with Crippen molar-refractivity contribution in [1.82, 2.24) is 0 Å². The molecule has 0 saturated heterocycles. The Morgan fingerprint density at radius 3 is 2.53 bits per heavy atom. The third-order valence-corrected chi connectivity index (χ3v) is 2.65. The molecule has 0 aliphatic heterocycles. The third kappa shape index (κ3) is 2.74. The predicted molar refractivity (Wildman–Crippen MR) is 63.5 cm³/mol. The van der Waals surface area contributed by atoms with E-state index in [0.29, 0.717) is 0 Å². The summed E-state index contributed by atoms with van der Waals surface area (Å²) in [5.41, 5.74) is -0.481. The van der Waals surface area contributed by atoms with Gasteiger partial charge in [0.05, 0.1) is 4.92 Å². The van der Waals surface area contributed by atoms with E-state index in [-0.39, 0.29) is 16.8 Å². The first kappa shape index (κ1) is 13.1. The van der Waals surface area contributed by atoms with Gasteiger partial charge in [0.2, 0.25) is 0 Å². The van der Waals surface area contributed by atoms with Crippen LogP contribution in [0.4, 0.5) is 14.5 Å². The molecule has 6 heteroatoms. The lowest BCUT2D eigenvalue weighted by atomic mass is 10.0. The van der Waals surface area contributed by atoms with Crippen molar-refractivity contribution in [1.29, 1.82) is 0 Å². The van der Waals surface area contributed by atoms with Gasteiger partial charge in [0.25, 0.3) is 5.69 Å². The topological polar surface area (TPSA) is 63.4 Å². The fraction of sp³-hybridized carbons (Fsp3) is 0.0769. The normalized spacial score (nSPS) is 12.2. The Labute approximate surface area is 107 Å². The van der Waals surface area contributed by atoms with Crippen molar-refractivity contribution < 1.29 is 18.8 Å². The molecule has 0 bridgehead atoms. The number of rotatable bonds is 3. The second kappa shape index (κ2) is 5.11. The summed E-state index contributed by atoms with van der Waals surface area (Å²) in [6.07, 6.45) is -1.46. The lowest BCUT2D eigenvalue weighted by molar-refractivity contribution is -0.385. The fourth-order valence-corrected chi connectivity index (χ4v) is 1.71. The van der Waals surface area contributed by atoms with Crippen molar-refractivity contribution in [2.24, 2.45) is 0 Å². The highest BCUT2D eigenvalue weighted by Crippen LogP contribution is 2.27. The fourth-order valence-electron chi connectivity index (χ4n) is 1.71. The van der Waals surface area contributed by atoms with E-state index in [4.69, 9.17) is 0 Å². The van der Waals surface area contributed by atoms with Crippen LogP contribution >= 0.6 is 0 Å². The maximum Gasteiger partial charge on any atom is 0.270 e. The molecule has 19 heavy (non-hydrogen) atoms. The monoisotopic (exact) mass is 265 g/mol. The molecule has 0 amide bonds. The van der Waals surface area contributed by atoms with Gasteiger partial charge in [0.15, 0.2) is 0 Å². The van der Waals surface area contributed by atoms with E-state index in [1.807, 2.05) is 0 Å². The van der Waals surface area contributed by atoms with Crippen molar-refractivity contribution in [2.75, 3.05) is 0 Å². The number of halogens is 2. The SMILES string of the molecule is O=[N+]([O-])c1ccc(F)c([C@H](O)c2cccc(F)c2)c1. The zero-order chi connectivity index (χ0) is 14.0. The van der Waals surface area contributed by atoms with E-state index >= 15 is 0 Å². The van der Waals surface area contributed by atoms with Crippen LogP contribution in [0.1, 0.15) is 17.2 Å². The molecule has 98 valence electrons. The van der Waals surface area contributed by atoms with Crippen LogP contribution in [0.2, 0.25) is 0 Å². The maximum absolute atomic E-state index is 13.6. The first-order valence-electron chi connectivity index (χ1n) is 5.36. The molecular weight excluding hydrogens is 256 g/mol. The molecule has 0 radical (unpaired) electrons. The summed E-state index contributed by atoms with van der Waals surface area (Å²) >= 11 is 0. The van der Waals surface area contributed by atoms with E-state index in [0.717, 1.165) is 24.3 Å². The summed E-state index contributed by atoms with van der Waals surface area (Å²) in [5, 5.41) is 20.6. The molecule has 0 fully saturated rings. The number of aliphatic hydroxyl groups is 1. The highest BCUT2D eigenvalue weighted by atomic mass is 19.1. The van der Waals surface area contributed by atoms with Crippen molar-refractivity contribution >= 4 is 5.69 Å². The van der Waals surface area contributed by atoms with Gasteiger partial charge in [-0.2, -0.15) is 0 Å². The lowest BCUT2D eigenvalue weighted by Crippen LogP contribution is -2.04. The van der Waals surface area contributed by atoms with E-state index in [1.54, 1.807) is 0 Å². The number of hydrogen-bond donors (Lipinski definition) is 1. The van der Waals surface area contributed by atoms with E-state index < -0.39 is 22.7 Å². The number of hydrogen-bond acceptors (Lipinski definition) is 3. The standard InChI is InChI=1S/C13H9F2NO3/c14-9-3-1-2-8(6-9)13(17)11-7-10(16(18)19)4-5-12(11)15/h1-7,13,17H/t13-/m1/s1. The number of aliphatic hydroxyl groups excluding tert-OH is 1. The summed E-state index contributed by atoms with van der Waals surface area (Å²) in [5.74, 6) is -1.37. The summed E-state index contributed by atoms with van der Waals surface area (Å²) in [4.78, 5) is 9.93. The Morgan fingerprint density at radius 2 is 1.89 bits per heavy atom. The number of non-ortho nitro benzene ring substituents is 1. The van der Waals surface area contributed by atoms with Crippen LogP contribution in [0.3, 0.4) is 0 Å². The van der Waals surface area contributed by atoms with E-state index in [2.05, 4.69) is 0 Å². The van der Waals surface area contributed by atoms with Gasteiger partial charge in [-0.1, -0.05) is 12.1 Å². The van der Waals surface area contributed by atoms with Crippen LogP contribution in [0, 0.1) is 21.7 Å². The molecule has 4 nitrogen and oxygen atoms in total. The molecule has 2 rings (SSSR count). The lowest BCUT2D eigenvalue weighted by Gasteiger charge is -2.12. The molecule has 0 spiro atoms. The summed E-state index contributed by atoms with van der Waals surface area (Å²) < 4.78 is 26.6. The number of nitrogens with zero attached hydrogens (tertiary/aromatic N) is 1. The van der Waals surface area contributed by atoms with Gasteiger partial charge in [-0.05, 0) is 23.8 Å². The first-order chi connectivity index (χ1) is 8.99. The minimum Gasteiger partial charge on any atom is -0.384 e. The molecule has 0 heterocycles. The van der Waals surface area contributed by atoms with E-state index in [9.17, 15) is 24.0 Å². The van der Waals surface area contributed by atoms with Crippen LogP contribution in [0.15, 0.2) is 42.5 Å². The van der Waals surface area contributed by atoms with Crippen molar-refractivity contribution in [3.05, 3.63) is 75.3 Å².